The normalized spacial score (nSPS) is 12.2. The lowest BCUT2D eigenvalue weighted by atomic mass is 10.2. The van der Waals surface area contributed by atoms with E-state index in [0.717, 1.165) is 0 Å². The van der Waals surface area contributed by atoms with E-state index in [2.05, 4.69) is 10.6 Å². The third kappa shape index (κ3) is 7.39. The van der Waals surface area contributed by atoms with Gasteiger partial charge in [0.15, 0.2) is 0 Å². The van der Waals surface area contributed by atoms with Crippen LogP contribution < -0.4 is 10.6 Å². The molecule has 16 heavy (non-hydrogen) atoms. The number of rotatable bonds is 7. The minimum absolute atomic E-state index is 0.347. The molecule has 0 aromatic rings. The molecule has 0 spiro atoms. The van der Waals surface area contributed by atoms with Crippen molar-refractivity contribution in [1.82, 2.24) is 10.6 Å². The summed E-state index contributed by atoms with van der Waals surface area (Å²) in [5.41, 5.74) is 0. The fraction of sp³-hybridized carbons (Fsp3) is 0.800. The molecule has 0 aliphatic carbocycles. The molecule has 0 bridgehead atoms. The number of hydrogen-bond acceptors (Lipinski definition) is 3. The van der Waals surface area contributed by atoms with Crippen LogP contribution in [0.1, 0.15) is 20.3 Å². The lowest BCUT2D eigenvalue weighted by Gasteiger charge is -2.15. The molecule has 0 aromatic heterocycles. The molecule has 0 rings (SSSR count). The van der Waals surface area contributed by atoms with E-state index in [-0.39, 0.29) is 0 Å². The standard InChI is InChI=1S/C10H20N2O3S/c1-7(2)6-11-10(15)12-8(9(13)14)4-5-16-3/h7-8H,4-6H2,1-3H3,(H,13,14)(H2,11,12,15)/t8-/m0/s1. The number of carbonyl (C=O) groups is 2. The number of thioether (sulfide) groups is 1. The minimum Gasteiger partial charge on any atom is -0.480 e. The van der Waals surface area contributed by atoms with E-state index in [1.54, 1.807) is 11.8 Å². The molecule has 0 saturated heterocycles. The molecule has 0 aliphatic rings. The molecular weight excluding hydrogens is 228 g/mol. The quantitative estimate of drug-likeness (QED) is 0.631. The van der Waals surface area contributed by atoms with Gasteiger partial charge in [-0.15, -0.1) is 0 Å². The predicted molar refractivity (Wildman–Crippen MR) is 65.8 cm³/mol. The van der Waals surface area contributed by atoms with Crippen LogP contribution in [0.15, 0.2) is 0 Å². The molecule has 1 atom stereocenters. The zero-order valence-corrected chi connectivity index (χ0v) is 10.8. The number of carbonyl (C=O) groups excluding carboxylic acids is 1. The molecule has 0 radical (unpaired) electrons. The predicted octanol–water partition coefficient (Wildman–Crippen LogP) is 1.15. The maximum Gasteiger partial charge on any atom is 0.326 e. The van der Waals surface area contributed by atoms with Crippen LogP contribution >= 0.6 is 11.8 Å². The van der Waals surface area contributed by atoms with Gasteiger partial charge in [0.2, 0.25) is 0 Å². The van der Waals surface area contributed by atoms with Crippen molar-refractivity contribution in [1.29, 1.82) is 0 Å². The highest BCUT2D eigenvalue weighted by Crippen LogP contribution is 2.00. The Morgan fingerprint density at radius 1 is 1.38 bits per heavy atom. The van der Waals surface area contributed by atoms with Crippen molar-refractivity contribution in [3.8, 4) is 0 Å². The van der Waals surface area contributed by atoms with Crippen molar-refractivity contribution in [3.63, 3.8) is 0 Å². The number of carboxylic acids is 1. The van der Waals surface area contributed by atoms with Gasteiger partial charge in [0.1, 0.15) is 6.04 Å². The Kier molecular flexibility index (Phi) is 7.80. The van der Waals surface area contributed by atoms with Crippen LogP contribution in [0.25, 0.3) is 0 Å². The summed E-state index contributed by atoms with van der Waals surface area (Å²) in [4.78, 5) is 22.2. The van der Waals surface area contributed by atoms with E-state index in [9.17, 15) is 9.59 Å². The molecule has 5 nitrogen and oxygen atoms in total. The maximum atomic E-state index is 11.3. The number of urea groups is 1. The van der Waals surface area contributed by atoms with Crippen LogP contribution in [0, 0.1) is 5.92 Å². The summed E-state index contributed by atoms with van der Waals surface area (Å²) in [7, 11) is 0. The van der Waals surface area contributed by atoms with Gasteiger partial charge in [0.25, 0.3) is 0 Å². The first kappa shape index (κ1) is 15.1. The smallest absolute Gasteiger partial charge is 0.326 e. The number of carboxylic acid groups (broad SMARTS) is 1. The topological polar surface area (TPSA) is 78.4 Å². The highest BCUT2D eigenvalue weighted by Gasteiger charge is 2.18. The molecule has 3 N–H and O–H groups in total. The fourth-order valence-electron chi connectivity index (χ4n) is 0.999. The van der Waals surface area contributed by atoms with Crippen molar-refractivity contribution in [3.05, 3.63) is 0 Å². The highest BCUT2D eigenvalue weighted by molar-refractivity contribution is 7.98. The summed E-state index contributed by atoms with van der Waals surface area (Å²) in [6, 6.07) is -1.22. The largest absolute Gasteiger partial charge is 0.480 e. The van der Waals surface area contributed by atoms with Crippen molar-refractivity contribution in [2.24, 2.45) is 5.92 Å². The third-order valence-corrected chi connectivity index (χ3v) is 2.53. The van der Waals surface area contributed by atoms with Gasteiger partial charge in [-0.1, -0.05) is 13.8 Å². The number of amides is 2. The molecule has 0 saturated carbocycles. The number of hydrogen-bond donors (Lipinski definition) is 3. The van der Waals surface area contributed by atoms with Crippen molar-refractivity contribution in [2.75, 3.05) is 18.6 Å². The second-order valence-corrected chi connectivity index (χ2v) is 4.91. The Hall–Kier alpha value is -0.910. The maximum absolute atomic E-state index is 11.3. The summed E-state index contributed by atoms with van der Waals surface area (Å²) in [6.45, 7) is 4.49. The molecule has 6 heteroatoms. The first-order valence-electron chi connectivity index (χ1n) is 5.23. The summed E-state index contributed by atoms with van der Waals surface area (Å²) < 4.78 is 0. The van der Waals surface area contributed by atoms with Crippen molar-refractivity contribution < 1.29 is 14.7 Å². The summed E-state index contributed by atoms with van der Waals surface area (Å²) in [6.07, 6.45) is 2.34. The zero-order chi connectivity index (χ0) is 12.6. The minimum atomic E-state index is -0.992. The SMILES string of the molecule is CSCC[C@H](NC(=O)NCC(C)C)C(=O)O. The third-order valence-electron chi connectivity index (χ3n) is 1.88. The Morgan fingerprint density at radius 2 is 2.00 bits per heavy atom. The Labute approximate surface area is 100 Å². The molecule has 2 amide bonds. The van der Waals surface area contributed by atoms with E-state index in [4.69, 9.17) is 5.11 Å². The Balaban J connectivity index is 3.98. The van der Waals surface area contributed by atoms with Crippen LogP contribution in [0.5, 0.6) is 0 Å². The second-order valence-electron chi connectivity index (χ2n) is 3.92. The second kappa shape index (κ2) is 8.27. The molecule has 0 fully saturated rings. The molecule has 0 unspecified atom stereocenters. The molecular formula is C10H20N2O3S. The Bertz CT molecular complexity index is 234. The molecule has 0 heterocycles. The fourth-order valence-corrected chi connectivity index (χ4v) is 1.47. The van der Waals surface area contributed by atoms with Gasteiger partial charge in [-0.05, 0) is 24.3 Å². The number of nitrogens with one attached hydrogen (secondary N) is 2. The van der Waals surface area contributed by atoms with Crippen LogP contribution in [-0.4, -0.2) is 41.7 Å². The van der Waals surface area contributed by atoms with E-state index in [1.807, 2.05) is 20.1 Å². The van der Waals surface area contributed by atoms with Crippen LogP contribution in [-0.2, 0) is 4.79 Å². The summed E-state index contributed by atoms with van der Waals surface area (Å²) in [5.74, 6) is 0.0653. The average Bonchev–Trinajstić information content (AvgIpc) is 2.20. The van der Waals surface area contributed by atoms with Gasteiger partial charge in [-0.25, -0.2) is 9.59 Å². The van der Waals surface area contributed by atoms with Gasteiger partial charge in [-0.2, -0.15) is 11.8 Å². The number of aliphatic carboxylic acids is 1. The highest BCUT2D eigenvalue weighted by atomic mass is 32.2. The van der Waals surface area contributed by atoms with Crippen LogP contribution in [0.3, 0.4) is 0 Å². The monoisotopic (exact) mass is 248 g/mol. The molecule has 0 aliphatic heterocycles. The van der Waals surface area contributed by atoms with Gasteiger partial charge < -0.3 is 15.7 Å². The van der Waals surface area contributed by atoms with E-state index < -0.39 is 18.0 Å². The van der Waals surface area contributed by atoms with Crippen molar-refractivity contribution in [2.45, 2.75) is 26.3 Å². The van der Waals surface area contributed by atoms with E-state index in [1.165, 1.54) is 0 Å². The first-order valence-corrected chi connectivity index (χ1v) is 6.62. The van der Waals surface area contributed by atoms with E-state index in [0.29, 0.717) is 24.6 Å². The first-order chi connectivity index (χ1) is 7.47. The molecule has 94 valence electrons. The van der Waals surface area contributed by atoms with Crippen LogP contribution in [0.2, 0.25) is 0 Å². The van der Waals surface area contributed by atoms with Gasteiger partial charge in [0, 0.05) is 6.54 Å². The average molecular weight is 248 g/mol. The Morgan fingerprint density at radius 3 is 2.44 bits per heavy atom. The zero-order valence-electron chi connectivity index (χ0n) is 9.95. The van der Waals surface area contributed by atoms with Gasteiger partial charge >= 0.3 is 12.0 Å². The van der Waals surface area contributed by atoms with E-state index >= 15 is 0 Å². The summed E-state index contributed by atoms with van der Waals surface area (Å²) >= 11 is 1.56. The van der Waals surface area contributed by atoms with Crippen molar-refractivity contribution >= 4 is 23.8 Å². The molecule has 0 aromatic carbocycles. The van der Waals surface area contributed by atoms with Gasteiger partial charge in [-0.3, -0.25) is 0 Å². The summed E-state index contributed by atoms with van der Waals surface area (Å²) in [5, 5.41) is 13.9. The van der Waals surface area contributed by atoms with Crippen LogP contribution in [0.4, 0.5) is 4.79 Å². The lowest BCUT2D eigenvalue weighted by molar-refractivity contribution is -0.139. The lowest BCUT2D eigenvalue weighted by Crippen LogP contribution is -2.47. The van der Waals surface area contributed by atoms with Gasteiger partial charge in [0.05, 0.1) is 0 Å².